The Morgan fingerprint density at radius 2 is 2.18 bits per heavy atom. The van der Waals surface area contributed by atoms with Gasteiger partial charge in [-0.15, -0.1) is 0 Å². The second-order valence-corrected chi connectivity index (χ2v) is 4.92. The number of hydrogen-bond donors (Lipinski definition) is 0. The highest BCUT2D eigenvalue weighted by molar-refractivity contribution is 9.10. The molecule has 0 aliphatic heterocycles. The summed E-state index contributed by atoms with van der Waals surface area (Å²) in [4.78, 5) is 11.6. The standard InChI is InChI=1S/C13H15BrO3/c1-3-17-12-7-9(8-4-5-8)11(14)6-10(12)13(15)16-2/h6-8H,3-5H2,1-2H3. The molecule has 92 valence electrons. The molecule has 1 aromatic rings. The van der Waals surface area contributed by atoms with Gasteiger partial charge in [0.05, 0.1) is 13.7 Å². The van der Waals surface area contributed by atoms with Gasteiger partial charge >= 0.3 is 5.97 Å². The Balaban J connectivity index is 2.42. The van der Waals surface area contributed by atoms with Crippen LogP contribution in [0.3, 0.4) is 0 Å². The van der Waals surface area contributed by atoms with E-state index in [1.807, 2.05) is 13.0 Å². The van der Waals surface area contributed by atoms with Gasteiger partial charge in [0.2, 0.25) is 0 Å². The minimum Gasteiger partial charge on any atom is -0.493 e. The average Bonchev–Trinajstić information content (AvgIpc) is 3.14. The molecule has 17 heavy (non-hydrogen) atoms. The van der Waals surface area contributed by atoms with Crippen molar-refractivity contribution in [2.75, 3.05) is 13.7 Å². The van der Waals surface area contributed by atoms with E-state index in [0.29, 0.717) is 23.8 Å². The molecule has 0 unspecified atom stereocenters. The molecule has 1 aromatic carbocycles. The van der Waals surface area contributed by atoms with Crippen LogP contribution >= 0.6 is 15.9 Å². The number of rotatable bonds is 4. The van der Waals surface area contributed by atoms with Crippen molar-refractivity contribution in [3.05, 3.63) is 27.7 Å². The molecule has 0 aromatic heterocycles. The van der Waals surface area contributed by atoms with Crippen molar-refractivity contribution >= 4 is 21.9 Å². The number of ether oxygens (including phenoxy) is 2. The van der Waals surface area contributed by atoms with Crippen LogP contribution in [0, 0.1) is 0 Å². The summed E-state index contributed by atoms with van der Waals surface area (Å²) in [6.45, 7) is 2.44. The lowest BCUT2D eigenvalue weighted by molar-refractivity contribution is 0.0596. The summed E-state index contributed by atoms with van der Waals surface area (Å²) in [7, 11) is 1.38. The Morgan fingerprint density at radius 3 is 2.71 bits per heavy atom. The Labute approximate surface area is 109 Å². The van der Waals surface area contributed by atoms with E-state index in [1.54, 1.807) is 6.07 Å². The maximum Gasteiger partial charge on any atom is 0.341 e. The highest BCUT2D eigenvalue weighted by Gasteiger charge is 2.28. The maximum absolute atomic E-state index is 11.6. The van der Waals surface area contributed by atoms with Crippen molar-refractivity contribution in [1.29, 1.82) is 0 Å². The highest BCUT2D eigenvalue weighted by Crippen LogP contribution is 2.45. The fourth-order valence-electron chi connectivity index (χ4n) is 1.82. The zero-order valence-corrected chi connectivity index (χ0v) is 11.5. The van der Waals surface area contributed by atoms with E-state index >= 15 is 0 Å². The van der Waals surface area contributed by atoms with Crippen molar-refractivity contribution in [1.82, 2.24) is 0 Å². The Bertz CT molecular complexity index is 439. The first kappa shape index (κ1) is 12.4. The third-order valence-electron chi connectivity index (χ3n) is 2.82. The summed E-state index contributed by atoms with van der Waals surface area (Å²) >= 11 is 3.51. The first-order valence-corrected chi connectivity index (χ1v) is 6.51. The lowest BCUT2D eigenvalue weighted by Gasteiger charge is -2.12. The van der Waals surface area contributed by atoms with E-state index in [4.69, 9.17) is 9.47 Å². The predicted molar refractivity (Wildman–Crippen MR) is 68.6 cm³/mol. The third kappa shape index (κ3) is 2.63. The summed E-state index contributed by atoms with van der Waals surface area (Å²) in [5.41, 5.74) is 1.70. The van der Waals surface area contributed by atoms with E-state index in [0.717, 1.165) is 4.47 Å². The van der Waals surface area contributed by atoms with Crippen LogP contribution in [0.4, 0.5) is 0 Å². The van der Waals surface area contributed by atoms with Crippen LogP contribution < -0.4 is 4.74 Å². The largest absolute Gasteiger partial charge is 0.493 e. The maximum atomic E-state index is 11.6. The van der Waals surface area contributed by atoms with Gasteiger partial charge in [0, 0.05) is 4.47 Å². The summed E-state index contributed by atoms with van der Waals surface area (Å²) in [6.07, 6.45) is 2.42. The summed E-state index contributed by atoms with van der Waals surface area (Å²) in [5, 5.41) is 0. The van der Waals surface area contributed by atoms with E-state index in [9.17, 15) is 4.79 Å². The Morgan fingerprint density at radius 1 is 1.47 bits per heavy atom. The molecule has 0 atom stereocenters. The second-order valence-electron chi connectivity index (χ2n) is 4.07. The van der Waals surface area contributed by atoms with Crippen molar-refractivity contribution in [2.24, 2.45) is 0 Å². The van der Waals surface area contributed by atoms with Gasteiger partial charge in [-0.1, -0.05) is 15.9 Å². The molecule has 0 saturated heterocycles. The normalized spacial score (nSPS) is 14.5. The fraction of sp³-hybridized carbons (Fsp3) is 0.462. The Kier molecular flexibility index (Phi) is 3.72. The minimum atomic E-state index is -0.364. The molecule has 0 amide bonds. The van der Waals surface area contributed by atoms with Crippen LogP contribution in [-0.2, 0) is 4.74 Å². The highest BCUT2D eigenvalue weighted by atomic mass is 79.9. The van der Waals surface area contributed by atoms with Gasteiger partial charge in [0.1, 0.15) is 11.3 Å². The van der Waals surface area contributed by atoms with Gasteiger partial charge in [-0.25, -0.2) is 4.79 Å². The number of esters is 1. The van der Waals surface area contributed by atoms with Crippen LogP contribution in [0.1, 0.15) is 41.6 Å². The third-order valence-corrected chi connectivity index (χ3v) is 3.51. The molecule has 1 aliphatic carbocycles. The van der Waals surface area contributed by atoms with Crippen molar-refractivity contribution in [3.63, 3.8) is 0 Å². The Hall–Kier alpha value is -1.03. The molecule has 0 N–H and O–H groups in total. The first-order valence-electron chi connectivity index (χ1n) is 5.72. The molecule has 0 heterocycles. The van der Waals surface area contributed by atoms with E-state index in [1.165, 1.54) is 25.5 Å². The van der Waals surface area contributed by atoms with Crippen LogP contribution in [0.5, 0.6) is 5.75 Å². The number of carbonyl (C=O) groups excluding carboxylic acids is 1. The zero-order valence-electron chi connectivity index (χ0n) is 9.96. The quantitative estimate of drug-likeness (QED) is 0.798. The molecule has 2 rings (SSSR count). The van der Waals surface area contributed by atoms with Gasteiger partial charge in [-0.05, 0) is 43.4 Å². The van der Waals surface area contributed by atoms with Crippen molar-refractivity contribution < 1.29 is 14.3 Å². The number of halogens is 1. The minimum absolute atomic E-state index is 0.364. The monoisotopic (exact) mass is 298 g/mol. The molecule has 0 spiro atoms. The molecule has 1 fully saturated rings. The van der Waals surface area contributed by atoms with E-state index in [-0.39, 0.29) is 5.97 Å². The molecule has 4 heteroatoms. The molecular formula is C13H15BrO3. The fourth-order valence-corrected chi connectivity index (χ4v) is 2.49. The molecular weight excluding hydrogens is 284 g/mol. The van der Waals surface area contributed by atoms with Gasteiger partial charge in [-0.2, -0.15) is 0 Å². The topological polar surface area (TPSA) is 35.5 Å². The van der Waals surface area contributed by atoms with Crippen molar-refractivity contribution in [3.8, 4) is 5.75 Å². The van der Waals surface area contributed by atoms with Crippen LogP contribution in [0.2, 0.25) is 0 Å². The zero-order chi connectivity index (χ0) is 12.4. The molecule has 3 nitrogen and oxygen atoms in total. The lowest BCUT2D eigenvalue weighted by Crippen LogP contribution is -2.06. The van der Waals surface area contributed by atoms with Gasteiger partial charge in [0.25, 0.3) is 0 Å². The number of hydrogen-bond acceptors (Lipinski definition) is 3. The average molecular weight is 299 g/mol. The number of benzene rings is 1. The first-order chi connectivity index (χ1) is 8.17. The van der Waals surface area contributed by atoms with E-state index < -0.39 is 0 Å². The summed E-state index contributed by atoms with van der Waals surface area (Å²) < 4.78 is 11.2. The van der Waals surface area contributed by atoms with Gasteiger partial charge in [0.15, 0.2) is 0 Å². The van der Waals surface area contributed by atoms with Crippen molar-refractivity contribution in [2.45, 2.75) is 25.7 Å². The summed E-state index contributed by atoms with van der Waals surface area (Å²) in [6, 6.07) is 3.75. The summed E-state index contributed by atoms with van der Waals surface area (Å²) in [5.74, 6) is 0.858. The molecule has 0 radical (unpaired) electrons. The van der Waals surface area contributed by atoms with Gasteiger partial charge in [-0.3, -0.25) is 0 Å². The van der Waals surface area contributed by atoms with Crippen LogP contribution in [0.25, 0.3) is 0 Å². The molecule has 0 bridgehead atoms. The van der Waals surface area contributed by atoms with Crippen LogP contribution in [-0.4, -0.2) is 19.7 Å². The van der Waals surface area contributed by atoms with Crippen LogP contribution in [0.15, 0.2) is 16.6 Å². The molecule has 1 aliphatic rings. The van der Waals surface area contributed by atoms with Gasteiger partial charge < -0.3 is 9.47 Å². The lowest BCUT2D eigenvalue weighted by atomic mass is 10.1. The second kappa shape index (κ2) is 5.08. The SMILES string of the molecule is CCOc1cc(C2CC2)c(Br)cc1C(=O)OC. The number of carbonyl (C=O) groups is 1. The number of methoxy groups -OCH3 is 1. The molecule has 1 saturated carbocycles. The predicted octanol–water partition coefficient (Wildman–Crippen LogP) is 3.51. The smallest absolute Gasteiger partial charge is 0.341 e. The van der Waals surface area contributed by atoms with E-state index in [2.05, 4.69) is 15.9 Å².